The molecule has 0 atom stereocenters. The molecule has 0 radical (unpaired) electrons. The largest absolute Gasteiger partial charge is 0.497 e. The molecule has 0 fully saturated rings. The van der Waals surface area contributed by atoms with Crippen LogP contribution in [0.4, 0.5) is 0 Å². The summed E-state index contributed by atoms with van der Waals surface area (Å²) in [5.74, 6) is 1.08. The van der Waals surface area contributed by atoms with Gasteiger partial charge in [-0.1, -0.05) is 50.6 Å². The zero-order valence-corrected chi connectivity index (χ0v) is 18.5. The van der Waals surface area contributed by atoms with Gasteiger partial charge in [-0.15, -0.1) is 0 Å². The van der Waals surface area contributed by atoms with Crippen molar-refractivity contribution in [1.29, 1.82) is 0 Å². The van der Waals surface area contributed by atoms with Gasteiger partial charge in [0.1, 0.15) is 17.1 Å². The van der Waals surface area contributed by atoms with Crippen LogP contribution in [0.15, 0.2) is 48.5 Å². The number of halogens is 1. The molecule has 0 aliphatic heterocycles. The maximum atomic E-state index is 12.7. The molecule has 1 heterocycles. The van der Waals surface area contributed by atoms with Crippen molar-refractivity contribution in [2.75, 3.05) is 14.2 Å². The van der Waals surface area contributed by atoms with Gasteiger partial charge in [-0.3, -0.25) is 0 Å². The van der Waals surface area contributed by atoms with Crippen LogP contribution in [0.25, 0.3) is 0 Å². The zero-order valence-electron chi connectivity index (χ0n) is 17.7. The van der Waals surface area contributed by atoms with Gasteiger partial charge in [0.15, 0.2) is 0 Å². The fourth-order valence-corrected chi connectivity index (χ4v) is 3.19. The van der Waals surface area contributed by atoms with Crippen molar-refractivity contribution < 1.29 is 19.0 Å². The first-order valence-electron chi connectivity index (χ1n) is 9.49. The van der Waals surface area contributed by atoms with Gasteiger partial charge in [0.05, 0.1) is 26.5 Å². The molecule has 0 N–H and O–H groups in total. The van der Waals surface area contributed by atoms with Gasteiger partial charge in [0.25, 0.3) is 0 Å². The van der Waals surface area contributed by atoms with Crippen LogP contribution in [0.1, 0.15) is 42.4 Å². The van der Waals surface area contributed by atoms with E-state index in [4.69, 9.17) is 30.9 Å². The zero-order chi connectivity index (χ0) is 21.9. The number of methoxy groups -OCH3 is 2. The van der Waals surface area contributed by atoms with Crippen LogP contribution in [0.2, 0.25) is 5.02 Å². The Kier molecular flexibility index (Phi) is 6.37. The fraction of sp³-hybridized carbons (Fsp3) is 0.304. The molecule has 0 spiro atoms. The van der Waals surface area contributed by atoms with E-state index in [0.717, 1.165) is 11.3 Å². The Labute approximate surface area is 181 Å². The number of carbonyl (C=O) groups is 1. The normalized spacial score (nSPS) is 11.3. The molecule has 158 valence electrons. The Morgan fingerprint density at radius 2 is 1.77 bits per heavy atom. The summed E-state index contributed by atoms with van der Waals surface area (Å²) in [7, 11) is 2.97. The second-order valence-corrected chi connectivity index (χ2v) is 8.27. The molecule has 30 heavy (non-hydrogen) atoms. The SMILES string of the molecule is COC(=O)c1c(C(C)(C)C)nn(Cc2ccc(OC)cc2)c1Oc1cccc(Cl)c1. The molecule has 0 saturated heterocycles. The number of benzene rings is 2. The molecule has 3 rings (SSSR count). The van der Waals surface area contributed by atoms with E-state index in [1.54, 1.807) is 36.1 Å². The number of nitrogens with zero attached hydrogens (tertiary/aromatic N) is 2. The summed E-state index contributed by atoms with van der Waals surface area (Å²) in [6, 6.07) is 14.6. The van der Waals surface area contributed by atoms with Crippen LogP contribution in [-0.4, -0.2) is 30.0 Å². The van der Waals surface area contributed by atoms with E-state index < -0.39 is 11.4 Å². The molecule has 1 aromatic heterocycles. The Morgan fingerprint density at radius 3 is 2.33 bits per heavy atom. The molecule has 0 amide bonds. The predicted octanol–water partition coefficient (Wildman–Crippen LogP) is 5.47. The molecule has 3 aromatic rings. The third-order valence-corrected chi connectivity index (χ3v) is 4.74. The van der Waals surface area contributed by atoms with Crippen LogP contribution < -0.4 is 9.47 Å². The van der Waals surface area contributed by atoms with Crippen molar-refractivity contribution in [3.05, 3.63) is 70.4 Å². The van der Waals surface area contributed by atoms with Crippen molar-refractivity contribution in [2.24, 2.45) is 0 Å². The predicted molar refractivity (Wildman–Crippen MR) is 116 cm³/mol. The van der Waals surface area contributed by atoms with Crippen LogP contribution >= 0.6 is 11.6 Å². The van der Waals surface area contributed by atoms with E-state index in [0.29, 0.717) is 34.5 Å². The molecule has 0 aliphatic carbocycles. The fourth-order valence-electron chi connectivity index (χ4n) is 3.01. The third-order valence-electron chi connectivity index (χ3n) is 4.51. The smallest absolute Gasteiger partial charge is 0.345 e. The number of esters is 1. The van der Waals surface area contributed by atoms with Gasteiger partial charge in [0, 0.05) is 10.4 Å². The molecule has 7 heteroatoms. The molecule has 6 nitrogen and oxygen atoms in total. The molecular formula is C23H25ClN2O4. The highest BCUT2D eigenvalue weighted by molar-refractivity contribution is 6.30. The number of aromatic nitrogens is 2. The molecular weight excluding hydrogens is 404 g/mol. The lowest BCUT2D eigenvalue weighted by atomic mass is 9.89. The first-order chi connectivity index (χ1) is 14.2. The number of hydrogen-bond donors (Lipinski definition) is 0. The lowest BCUT2D eigenvalue weighted by Crippen LogP contribution is -2.17. The minimum Gasteiger partial charge on any atom is -0.497 e. The summed E-state index contributed by atoms with van der Waals surface area (Å²) in [6.45, 7) is 6.37. The second kappa shape index (κ2) is 8.79. The summed E-state index contributed by atoms with van der Waals surface area (Å²) in [4.78, 5) is 12.7. The van der Waals surface area contributed by atoms with E-state index in [2.05, 4.69) is 0 Å². The minimum atomic E-state index is -0.502. The van der Waals surface area contributed by atoms with Crippen LogP contribution in [-0.2, 0) is 16.7 Å². The maximum absolute atomic E-state index is 12.7. The number of hydrogen-bond acceptors (Lipinski definition) is 5. The standard InChI is InChI=1S/C23H25ClN2O4/c1-23(2,3)20-19(22(27)29-5)21(30-18-8-6-7-16(24)13-18)26(25-20)14-15-9-11-17(28-4)12-10-15/h6-13H,14H2,1-5H3. The van der Waals surface area contributed by atoms with Gasteiger partial charge in [-0.25, -0.2) is 9.48 Å². The van der Waals surface area contributed by atoms with Crippen molar-refractivity contribution in [3.63, 3.8) is 0 Å². The van der Waals surface area contributed by atoms with Crippen molar-refractivity contribution >= 4 is 17.6 Å². The van der Waals surface area contributed by atoms with Crippen LogP contribution in [0.3, 0.4) is 0 Å². The van der Waals surface area contributed by atoms with E-state index in [1.807, 2.05) is 45.0 Å². The Bertz CT molecular complexity index is 1040. The van der Waals surface area contributed by atoms with Gasteiger partial charge in [0.2, 0.25) is 5.88 Å². The van der Waals surface area contributed by atoms with Gasteiger partial charge in [-0.2, -0.15) is 5.10 Å². The summed E-state index contributed by atoms with van der Waals surface area (Å²) in [5, 5.41) is 5.27. The first kappa shape index (κ1) is 21.7. The van der Waals surface area contributed by atoms with E-state index in [-0.39, 0.29) is 0 Å². The Hall–Kier alpha value is -2.99. The third kappa shape index (κ3) is 4.76. The lowest BCUT2D eigenvalue weighted by Gasteiger charge is -2.16. The monoisotopic (exact) mass is 428 g/mol. The Balaban J connectivity index is 2.12. The van der Waals surface area contributed by atoms with Crippen molar-refractivity contribution in [1.82, 2.24) is 9.78 Å². The van der Waals surface area contributed by atoms with E-state index in [1.165, 1.54) is 7.11 Å². The molecule has 0 aliphatic rings. The van der Waals surface area contributed by atoms with Crippen LogP contribution in [0, 0.1) is 0 Å². The molecule has 2 aromatic carbocycles. The highest BCUT2D eigenvalue weighted by Crippen LogP contribution is 2.35. The van der Waals surface area contributed by atoms with Gasteiger partial charge < -0.3 is 14.2 Å². The van der Waals surface area contributed by atoms with Crippen LogP contribution in [0.5, 0.6) is 17.4 Å². The lowest BCUT2D eigenvalue weighted by molar-refractivity contribution is 0.0594. The highest BCUT2D eigenvalue weighted by Gasteiger charge is 2.33. The summed E-state index contributed by atoms with van der Waals surface area (Å²) >= 11 is 6.11. The number of rotatable bonds is 6. The van der Waals surface area contributed by atoms with Crippen molar-refractivity contribution in [2.45, 2.75) is 32.7 Å². The van der Waals surface area contributed by atoms with E-state index in [9.17, 15) is 4.79 Å². The quantitative estimate of drug-likeness (QED) is 0.487. The molecule has 0 unspecified atom stereocenters. The molecule has 0 bridgehead atoms. The van der Waals surface area contributed by atoms with Crippen molar-refractivity contribution in [3.8, 4) is 17.4 Å². The average molecular weight is 429 g/mol. The van der Waals surface area contributed by atoms with Gasteiger partial charge >= 0.3 is 5.97 Å². The van der Waals surface area contributed by atoms with Gasteiger partial charge in [-0.05, 0) is 35.9 Å². The number of carbonyl (C=O) groups excluding carboxylic acids is 1. The summed E-state index contributed by atoms with van der Waals surface area (Å²) in [6.07, 6.45) is 0. The average Bonchev–Trinajstić information content (AvgIpc) is 3.06. The topological polar surface area (TPSA) is 62.6 Å². The molecule has 0 saturated carbocycles. The Morgan fingerprint density at radius 1 is 1.07 bits per heavy atom. The summed E-state index contributed by atoms with van der Waals surface area (Å²) < 4.78 is 18.1. The minimum absolute atomic E-state index is 0.304. The second-order valence-electron chi connectivity index (χ2n) is 7.84. The maximum Gasteiger partial charge on any atom is 0.345 e. The first-order valence-corrected chi connectivity index (χ1v) is 9.86. The van der Waals surface area contributed by atoms with E-state index >= 15 is 0 Å². The number of ether oxygens (including phenoxy) is 3. The highest BCUT2D eigenvalue weighted by atomic mass is 35.5. The summed E-state index contributed by atoms with van der Waals surface area (Å²) in [5.41, 5.74) is 1.48.